The van der Waals surface area contributed by atoms with Gasteiger partial charge < -0.3 is 10.2 Å². The Morgan fingerprint density at radius 1 is 1.11 bits per heavy atom. The van der Waals surface area contributed by atoms with Crippen LogP contribution in [0.25, 0.3) is 6.08 Å². The number of piperazine rings is 1. The highest BCUT2D eigenvalue weighted by atomic mass is 16.1. The number of carbonyl (C=O) groups excluding carboxylic acids is 1. The maximum atomic E-state index is 11.9. The molecule has 0 spiro atoms. The molecule has 0 saturated carbocycles. The van der Waals surface area contributed by atoms with Crippen LogP contribution in [-0.4, -0.2) is 55.1 Å². The second-order valence-electron chi connectivity index (χ2n) is 6.50. The summed E-state index contributed by atoms with van der Waals surface area (Å²) in [5.41, 5.74) is 1.81. The molecule has 140 valence electrons. The maximum absolute atomic E-state index is 11.9. The van der Waals surface area contributed by atoms with Gasteiger partial charge in [0.2, 0.25) is 0 Å². The number of carbonyl (C=O) groups is 1. The fourth-order valence-corrected chi connectivity index (χ4v) is 3.04. The van der Waals surface area contributed by atoms with Crippen LogP contribution in [0.4, 0.5) is 5.82 Å². The van der Waals surface area contributed by atoms with Gasteiger partial charge in [-0.25, -0.2) is 4.98 Å². The zero-order valence-corrected chi connectivity index (χ0v) is 15.6. The summed E-state index contributed by atoms with van der Waals surface area (Å²) >= 11 is 0. The maximum Gasteiger partial charge on any atom is 0.253 e. The summed E-state index contributed by atoms with van der Waals surface area (Å²) in [5, 5.41) is 2.76. The van der Waals surface area contributed by atoms with Crippen LogP contribution in [0.3, 0.4) is 0 Å². The molecule has 1 aliphatic rings. The van der Waals surface area contributed by atoms with E-state index in [1.165, 1.54) is 5.56 Å². The highest BCUT2D eigenvalue weighted by Gasteiger charge is 2.17. The van der Waals surface area contributed by atoms with Crippen molar-refractivity contribution in [2.75, 3.05) is 44.2 Å². The predicted molar refractivity (Wildman–Crippen MR) is 111 cm³/mol. The molecular formula is C22H26N4O. The molecule has 0 radical (unpaired) electrons. The average molecular weight is 362 g/mol. The fourth-order valence-electron chi connectivity index (χ4n) is 3.04. The van der Waals surface area contributed by atoms with Crippen molar-refractivity contribution in [2.24, 2.45) is 0 Å². The molecule has 27 heavy (non-hydrogen) atoms. The summed E-state index contributed by atoms with van der Waals surface area (Å²) in [6.07, 6.45) is 7.70. The Bertz CT molecular complexity index is 763. The van der Waals surface area contributed by atoms with Crippen molar-refractivity contribution >= 4 is 17.8 Å². The van der Waals surface area contributed by atoms with E-state index in [1.54, 1.807) is 12.3 Å². The number of hydrogen-bond acceptors (Lipinski definition) is 4. The van der Waals surface area contributed by atoms with E-state index < -0.39 is 0 Å². The van der Waals surface area contributed by atoms with Crippen molar-refractivity contribution in [3.05, 3.63) is 78.5 Å². The van der Waals surface area contributed by atoms with Gasteiger partial charge in [-0.2, -0.15) is 0 Å². The Labute approximate surface area is 161 Å². The first-order valence-electron chi connectivity index (χ1n) is 9.30. The molecule has 2 heterocycles. The molecule has 1 aliphatic heterocycles. The number of hydrogen-bond donors (Lipinski definition) is 1. The predicted octanol–water partition coefficient (Wildman–Crippen LogP) is 2.83. The summed E-state index contributed by atoms with van der Waals surface area (Å²) < 4.78 is 0. The number of aromatic nitrogens is 1. The molecule has 1 N–H and O–H groups in total. The molecule has 0 aliphatic carbocycles. The van der Waals surface area contributed by atoms with E-state index in [4.69, 9.17) is 0 Å². The standard InChI is InChI=1S/C22H26N4O/c1-2-12-23-22(27)20-10-11-21(24-18-20)26-16-14-25(15-17-26)13-6-9-19-7-4-3-5-8-19/h2-11,18H,1,12-17H2,(H,23,27)/b9-6+. The molecular weight excluding hydrogens is 336 g/mol. The third-order valence-corrected chi connectivity index (χ3v) is 4.59. The van der Waals surface area contributed by atoms with Crippen molar-refractivity contribution in [1.82, 2.24) is 15.2 Å². The zero-order chi connectivity index (χ0) is 18.9. The van der Waals surface area contributed by atoms with Crippen LogP contribution < -0.4 is 10.2 Å². The molecule has 1 amide bonds. The lowest BCUT2D eigenvalue weighted by Gasteiger charge is -2.34. The first-order chi connectivity index (χ1) is 13.3. The quantitative estimate of drug-likeness (QED) is 0.770. The van der Waals surface area contributed by atoms with Crippen LogP contribution >= 0.6 is 0 Å². The lowest BCUT2D eigenvalue weighted by molar-refractivity contribution is 0.0957. The van der Waals surface area contributed by atoms with Gasteiger partial charge >= 0.3 is 0 Å². The fraction of sp³-hybridized carbons (Fsp3) is 0.273. The van der Waals surface area contributed by atoms with Gasteiger partial charge in [0.25, 0.3) is 5.91 Å². The Hall–Kier alpha value is -2.92. The van der Waals surface area contributed by atoms with Gasteiger partial charge in [0, 0.05) is 45.5 Å². The molecule has 2 aromatic rings. The van der Waals surface area contributed by atoms with E-state index >= 15 is 0 Å². The van der Waals surface area contributed by atoms with E-state index in [0.29, 0.717) is 12.1 Å². The van der Waals surface area contributed by atoms with E-state index in [-0.39, 0.29) is 5.91 Å². The number of amides is 1. The normalized spacial score (nSPS) is 15.0. The van der Waals surface area contributed by atoms with Crippen LogP contribution in [0.2, 0.25) is 0 Å². The number of benzene rings is 1. The van der Waals surface area contributed by atoms with Gasteiger partial charge in [0.05, 0.1) is 5.56 Å². The minimum Gasteiger partial charge on any atom is -0.354 e. The number of rotatable bonds is 7. The molecule has 3 rings (SSSR count). The third kappa shape index (κ3) is 5.53. The Morgan fingerprint density at radius 3 is 2.56 bits per heavy atom. The summed E-state index contributed by atoms with van der Waals surface area (Å²) in [6.45, 7) is 8.90. The molecule has 5 nitrogen and oxygen atoms in total. The molecule has 1 aromatic heterocycles. The molecule has 5 heteroatoms. The van der Waals surface area contributed by atoms with E-state index in [1.807, 2.05) is 18.2 Å². The van der Waals surface area contributed by atoms with Gasteiger partial charge in [0.1, 0.15) is 5.82 Å². The van der Waals surface area contributed by atoms with Gasteiger partial charge in [-0.1, -0.05) is 48.6 Å². The van der Waals surface area contributed by atoms with Gasteiger partial charge in [-0.05, 0) is 17.7 Å². The third-order valence-electron chi connectivity index (χ3n) is 4.59. The van der Waals surface area contributed by atoms with Crippen molar-refractivity contribution in [3.8, 4) is 0 Å². The van der Waals surface area contributed by atoms with Crippen LogP contribution in [0.5, 0.6) is 0 Å². The van der Waals surface area contributed by atoms with Crippen LogP contribution in [0.1, 0.15) is 15.9 Å². The first-order valence-corrected chi connectivity index (χ1v) is 9.30. The smallest absolute Gasteiger partial charge is 0.253 e. The Balaban J connectivity index is 1.46. The van der Waals surface area contributed by atoms with Crippen molar-refractivity contribution in [2.45, 2.75) is 0 Å². The van der Waals surface area contributed by atoms with Crippen LogP contribution in [0, 0.1) is 0 Å². The first kappa shape index (κ1) is 18.9. The van der Waals surface area contributed by atoms with Gasteiger partial charge in [0.15, 0.2) is 0 Å². The van der Waals surface area contributed by atoms with E-state index in [0.717, 1.165) is 38.5 Å². The summed E-state index contributed by atoms with van der Waals surface area (Å²) in [6, 6.07) is 14.1. The van der Waals surface area contributed by atoms with Crippen LogP contribution in [-0.2, 0) is 0 Å². The van der Waals surface area contributed by atoms with Crippen LogP contribution in [0.15, 0.2) is 67.4 Å². The lowest BCUT2D eigenvalue weighted by atomic mass is 10.2. The highest BCUT2D eigenvalue weighted by Crippen LogP contribution is 2.14. The largest absolute Gasteiger partial charge is 0.354 e. The molecule has 0 unspecified atom stereocenters. The zero-order valence-electron chi connectivity index (χ0n) is 15.6. The average Bonchev–Trinajstić information content (AvgIpc) is 2.73. The number of pyridine rings is 1. The topological polar surface area (TPSA) is 48.5 Å². The molecule has 0 atom stereocenters. The summed E-state index contributed by atoms with van der Waals surface area (Å²) in [5.74, 6) is 0.804. The lowest BCUT2D eigenvalue weighted by Crippen LogP contribution is -2.46. The van der Waals surface area contributed by atoms with Gasteiger partial charge in [-0.15, -0.1) is 6.58 Å². The molecule has 0 bridgehead atoms. The second kappa shape index (κ2) is 9.69. The SMILES string of the molecule is C=CCNC(=O)c1ccc(N2CCN(C/C=C/c3ccccc3)CC2)nc1. The van der Waals surface area contributed by atoms with Crippen molar-refractivity contribution in [3.63, 3.8) is 0 Å². The monoisotopic (exact) mass is 362 g/mol. The Morgan fingerprint density at radius 2 is 1.89 bits per heavy atom. The summed E-state index contributed by atoms with van der Waals surface area (Å²) in [7, 11) is 0. The second-order valence-corrected chi connectivity index (χ2v) is 6.50. The highest BCUT2D eigenvalue weighted by molar-refractivity contribution is 5.94. The van der Waals surface area contributed by atoms with E-state index in [2.05, 4.69) is 63.1 Å². The number of nitrogens with zero attached hydrogens (tertiary/aromatic N) is 3. The van der Waals surface area contributed by atoms with Gasteiger partial charge in [-0.3, -0.25) is 9.69 Å². The number of nitrogens with one attached hydrogen (secondary N) is 1. The molecule has 1 saturated heterocycles. The molecule has 1 fully saturated rings. The summed E-state index contributed by atoms with van der Waals surface area (Å²) in [4.78, 5) is 21.1. The minimum absolute atomic E-state index is 0.121. The Kier molecular flexibility index (Phi) is 6.77. The van der Waals surface area contributed by atoms with E-state index in [9.17, 15) is 4.79 Å². The number of anilines is 1. The minimum atomic E-state index is -0.121. The van der Waals surface area contributed by atoms with Crippen molar-refractivity contribution < 1.29 is 4.79 Å². The molecule has 1 aromatic carbocycles. The van der Waals surface area contributed by atoms with Crippen molar-refractivity contribution in [1.29, 1.82) is 0 Å².